The first-order valence-corrected chi connectivity index (χ1v) is 5.50. The summed E-state index contributed by atoms with van der Waals surface area (Å²) in [7, 11) is 0. The van der Waals surface area contributed by atoms with E-state index in [1.54, 1.807) is 12.5 Å². The average molecular weight is 217 g/mol. The van der Waals surface area contributed by atoms with Crippen LogP contribution in [0.4, 0.5) is 5.82 Å². The summed E-state index contributed by atoms with van der Waals surface area (Å²) in [6.07, 6.45) is 5.41. The van der Waals surface area contributed by atoms with Gasteiger partial charge in [0.2, 0.25) is 0 Å². The standard InChI is InChI=1S/C11H15N5/c12-4-8-16-6-2-10(3-7-16)15-11-1-5-13-9-14-11/h1,5,9-10H,2-3,6-8H2,(H,13,14,15). The van der Waals surface area contributed by atoms with Gasteiger partial charge in [0.1, 0.15) is 12.1 Å². The van der Waals surface area contributed by atoms with Crippen LogP contribution in [0.2, 0.25) is 0 Å². The second kappa shape index (κ2) is 5.42. The highest BCUT2D eigenvalue weighted by Crippen LogP contribution is 2.13. The van der Waals surface area contributed by atoms with Crippen molar-refractivity contribution in [3.8, 4) is 6.07 Å². The van der Waals surface area contributed by atoms with Crippen molar-refractivity contribution in [1.29, 1.82) is 5.26 Å². The summed E-state index contributed by atoms with van der Waals surface area (Å²) in [6.45, 7) is 2.51. The Balaban J connectivity index is 1.80. The molecule has 2 rings (SSSR count). The molecule has 0 aliphatic carbocycles. The number of hydrogen-bond donors (Lipinski definition) is 1. The first kappa shape index (κ1) is 10.8. The van der Waals surface area contributed by atoms with Gasteiger partial charge in [0.05, 0.1) is 12.6 Å². The smallest absolute Gasteiger partial charge is 0.129 e. The molecule has 0 radical (unpaired) electrons. The Labute approximate surface area is 95.1 Å². The number of hydrogen-bond acceptors (Lipinski definition) is 5. The molecule has 0 atom stereocenters. The molecule has 0 unspecified atom stereocenters. The van der Waals surface area contributed by atoms with Crippen molar-refractivity contribution in [3.63, 3.8) is 0 Å². The van der Waals surface area contributed by atoms with Gasteiger partial charge in [-0.15, -0.1) is 0 Å². The molecular formula is C11H15N5. The molecule has 84 valence electrons. The Morgan fingerprint density at radius 3 is 2.94 bits per heavy atom. The number of rotatable bonds is 3. The topological polar surface area (TPSA) is 64.8 Å². The van der Waals surface area contributed by atoms with E-state index in [0.717, 1.165) is 31.7 Å². The molecule has 1 N–H and O–H groups in total. The zero-order valence-electron chi connectivity index (χ0n) is 9.13. The van der Waals surface area contributed by atoms with E-state index < -0.39 is 0 Å². The summed E-state index contributed by atoms with van der Waals surface area (Å²) in [6, 6.07) is 4.53. The molecule has 2 heterocycles. The van der Waals surface area contributed by atoms with Gasteiger partial charge in [-0.2, -0.15) is 5.26 Å². The summed E-state index contributed by atoms with van der Waals surface area (Å²) in [5.74, 6) is 0.883. The monoisotopic (exact) mass is 217 g/mol. The van der Waals surface area contributed by atoms with Gasteiger partial charge >= 0.3 is 0 Å². The molecule has 1 saturated heterocycles. The number of aromatic nitrogens is 2. The van der Waals surface area contributed by atoms with Crippen molar-refractivity contribution in [1.82, 2.24) is 14.9 Å². The van der Waals surface area contributed by atoms with Gasteiger partial charge in [0.25, 0.3) is 0 Å². The van der Waals surface area contributed by atoms with Gasteiger partial charge in [0, 0.05) is 25.3 Å². The Morgan fingerprint density at radius 2 is 2.31 bits per heavy atom. The minimum atomic E-state index is 0.463. The second-order valence-electron chi connectivity index (χ2n) is 3.95. The molecule has 0 amide bonds. The molecule has 1 aromatic heterocycles. The van der Waals surface area contributed by atoms with Crippen molar-refractivity contribution < 1.29 is 0 Å². The van der Waals surface area contributed by atoms with Crippen LogP contribution in [0.25, 0.3) is 0 Å². The first-order valence-electron chi connectivity index (χ1n) is 5.50. The maximum atomic E-state index is 8.60. The minimum absolute atomic E-state index is 0.463. The van der Waals surface area contributed by atoms with Gasteiger partial charge in [0.15, 0.2) is 0 Å². The fourth-order valence-electron chi connectivity index (χ4n) is 1.92. The largest absolute Gasteiger partial charge is 0.367 e. The van der Waals surface area contributed by atoms with Crippen LogP contribution in [0, 0.1) is 11.3 Å². The minimum Gasteiger partial charge on any atom is -0.367 e. The first-order chi connectivity index (χ1) is 7.88. The summed E-state index contributed by atoms with van der Waals surface area (Å²) in [5, 5.41) is 12.0. The molecule has 0 aromatic carbocycles. The lowest BCUT2D eigenvalue weighted by Crippen LogP contribution is -2.39. The van der Waals surface area contributed by atoms with Gasteiger partial charge in [-0.05, 0) is 18.9 Å². The fourth-order valence-corrected chi connectivity index (χ4v) is 1.92. The number of anilines is 1. The fraction of sp³-hybridized carbons (Fsp3) is 0.545. The molecule has 1 fully saturated rings. The van der Waals surface area contributed by atoms with E-state index in [1.165, 1.54) is 0 Å². The molecule has 16 heavy (non-hydrogen) atoms. The Morgan fingerprint density at radius 1 is 1.50 bits per heavy atom. The third-order valence-electron chi connectivity index (χ3n) is 2.82. The number of nitrogens with zero attached hydrogens (tertiary/aromatic N) is 4. The Kier molecular flexibility index (Phi) is 3.67. The molecule has 0 saturated carbocycles. The van der Waals surface area contributed by atoms with Crippen molar-refractivity contribution >= 4 is 5.82 Å². The van der Waals surface area contributed by atoms with Crippen LogP contribution in [-0.2, 0) is 0 Å². The SMILES string of the molecule is N#CCN1CCC(Nc2ccncn2)CC1. The van der Waals surface area contributed by atoms with E-state index in [2.05, 4.69) is 26.3 Å². The zero-order valence-corrected chi connectivity index (χ0v) is 9.13. The predicted octanol–water partition coefficient (Wildman–Crippen LogP) is 0.876. The van der Waals surface area contributed by atoms with Crippen LogP contribution in [0.1, 0.15) is 12.8 Å². The Bertz CT molecular complexity index is 350. The van der Waals surface area contributed by atoms with Crippen LogP contribution in [0.15, 0.2) is 18.6 Å². The molecule has 5 nitrogen and oxygen atoms in total. The molecule has 1 aromatic rings. The van der Waals surface area contributed by atoms with Crippen LogP contribution < -0.4 is 5.32 Å². The molecule has 1 aliphatic heterocycles. The van der Waals surface area contributed by atoms with Gasteiger partial charge < -0.3 is 5.32 Å². The van der Waals surface area contributed by atoms with Crippen molar-refractivity contribution in [3.05, 3.63) is 18.6 Å². The van der Waals surface area contributed by atoms with E-state index in [9.17, 15) is 0 Å². The lowest BCUT2D eigenvalue weighted by atomic mass is 10.1. The van der Waals surface area contributed by atoms with Gasteiger partial charge in [-0.1, -0.05) is 0 Å². The lowest BCUT2D eigenvalue weighted by molar-refractivity contribution is 0.242. The van der Waals surface area contributed by atoms with Crippen LogP contribution in [-0.4, -0.2) is 40.5 Å². The molecule has 0 spiro atoms. The summed E-state index contributed by atoms with van der Waals surface area (Å²) < 4.78 is 0. The van der Waals surface area contributed by atoms with Crippen molar-refractivity contribution in [2.45, 2.75) is 18.9 Å². The third kappa shape index (κ3) is 2.91. The predicted molar refractivity (Wildman–Crippen MR) is 60.7 cm³/mol. The van der Waals surface area contributed by atoms with E-state index in [0.29, 0.717) is 12.6 Å². The van der Waals surface area contributed by atoms with Crippen LogP contribution in [0.3, 0.4) is 0 Å². The van der Waals surface area contributed by atoms with Gasteiger partial charge in [-0.3, -0.25) is 4.90 Å². The lowest BCUT2D eigenvalue weighted by Gasteiger charge is -2.30. The van der Waals surface area contributed by atoms with Crippen molar-refractivity contribution in [2.24, 2.45) is 0 Å². The van der Waals surface area contributed by atoms with Crippen molar-refractivity contribution in [2.75, 3.05) is 25.0 Å². The van der Waals surface area contributed by atoms with E-state index in [1.807, 2.05) is 6.07 Å². The maximum absolute atomic E-state index is 8.60. The second-order valence-corrected chi connectivity index (χ2v) is 3.95. The molecule has 5 heteroatoms. The van der Waals surface area contributed by atoms with Crippen LogP contribution >= 0.6 is 0 Å². The van der Waals surface area contributed by atoms with E-state index in [-0.39, 0.29) is 0 Å². The van der Waals surface area contributed by atoms with Crippen LogP contribution in [0.5, 0.6) is 0 Å². The number of likely N-dealkylation sites (tertiary alicyclic amines) is 1. The summed E-state index contributed by atoms with van der Waals surface area (Å²) in [5.41, 5.74) is 0. The highest BCUT2D eigenvalue weighted by Gasteiger charge is 2.18. The molecule has 1 aliphatic rings. The summed E-state index contributed by atoms with van der Waals surface area (Å²) in [4.78, 5) is 10.2. The quantitative estimate of drug-likeness (QED) is 0.761. The van der Waals surface area contributed by atoms with E-state index in [4.69, 9.17) is 5.26 Å². The number of piperidine rings is 1. The van der Waals surface area contributed by atoms with E-state index >= 15 is 0 Å². The summed E-state index contributed by atoms with van der Waals surface area (Å²) >= 11 is 0. The zero-order chi connectivity index (χ0) is 11.2. The normalized spacial score (nSPS) is 17.9. The average Bonchev–Trinajstić information content (AvgIpc) is 2.33. The highest BCUT2D eigenvalue weighted by molar-refractivity contribution is 5.33. The number of nitriles is 1. The molecule has 0 bridgehead atoms. The Hall–Kier alpha value is -1.67. The number of nitrogens with one attached hydrogen (secondary N) is 1. The third-order valence-corrected chi connectivity index (χ3v) is 2.82. The molecular weight excluding hydrogens is 202 g/mol. The highest BCUT2D eigenvalue weighted by atomic mass is 15.1. The maximum Gasteiger partial charge on any atom is 0.129 e. The van der Waals surface area contributed by atoms with Gasteiger partial charge in [-0.25, -0.2) is 9.97 Å².